The highest BCUT2D eigenvalue weighted by Crippen LogP contribution is 2.27. The van der Waals surface area contributed by atoms with Crippen LogP contribution >= 0.6 is 0 Å². The number of hydrogen-bond donors (Lipinski definition) is 1. The lowest BCUT2D eigenvalue weighted by atomic mass is 10.2. The van der Waals surface area contributed by atoms with Crippen molar-refractivity contribution in [1.29, 1.82) is 0 Å². The number of halogens is 3. The van der Waals surface area contributed by atoms with Crippen LogP contribution in [0.5, 0.6) is 5.75 Å². The van der Waals surface area contributed by atoms with E-state index in [-0.39, 0.29) is 5.75 Å². The lowest BCUT2D eigenvalue weighted by molar-refractivity contribution is -0.274. The summed E-state index contributed by atoms with van der Waals surface area (Å²) in [5.41, 5.74) is 0.695. The van der Waals surface area contributed by atoms with Gasteiger partial charge in [0, 0.05) is 11.6 Å². The van der Waals surface area contributed by atoms with E-state index in [1.807, 2.05) is 19.9 Å². The van der Waals surface area contributed by atoms with Crippen molar-refractivity contribution in [1.82, 2.24) is 5.32 Å². The number of nitrogens with one attached hydrogen (secondary N) is 1. The molecule has 21 heavy (non-hydrogen) atoms. The first-order chi connectivity index (χ1) is 9.83. The molecule has 0 aliphatic heterocycles. The number of benzene rings is 1. The van der Waals surface area contributed by atoms with Gasteiger partial charge in [0.05, 0.1) is 6.54 Å². The first-order valence-electron chi connectivity index (χ1n) is 6.52. The van der Waals surface area contributed by atoms with Crippen LogP contribution in [-0.4, -0.2) is 12.4 Å². The zero-order valence-corrected chi connectivity index (χ0v) is 11.7. The number of rotatable bonds is 5. The average molecular weight is 299 g/mol. The van der Waals surface area contributed by atoms with E-state index in [1.165, 1.54) is 24.3 Å². The van der Waals surface area contributed by atoms with Crippen LogP contribution in [0.1, 0.15) is 19.6 Å². The van der Waals surface area contributed by atoms with Crippen molar-refractivity contribution in [3.8, 4) is 17.1 Å². The third kappa shape index (κ3) is 4.82. The predicted molar refractivity (Wildman–Crippen MR) is 72.8 cm³/mol. The molecule has 1 N–H and O–H groups in total. The normalized spacial score (nSPS) is 11.9. The van der Waals surface area contributed by atoms with Crippen LogP contribution in [0.4, 0.5) is 13.2 Å². The van der Waals surface area contributed by atoms with E-state index >= 15 is 0 Å². The standard InChI is InChI=1S/C15H16F3NO2/c1-10(2)19-9-13-7-8-14(20-13)11-3-5-12(6-4-11)21-15(16,17)18/h3-8,10,19H,9H2,1-2H3. The molecular weight excluding hydrogens is 283 g/mol. The average Bonchev–Trinajstić information content (AvgIpc) is 2.84. The molecule has 2 rings (SSSR count). The van der Waals surface area contributed by atoms with Crippen LogP contribution in [0.3, 0.4) is 0 Å². The molecule has 0 aliphatic rings. The van der Waals surface area contributed by atoms with Crippen molar-refractivity contribution < 1.29 is 22.3 Å². The summed E-state index contributed by atoms with van der Waals surface area (Å²) in [6, 6.07) is 9.55. The zero-order chi connectivity index (χ0) is 15.5. The quantitative estimate of drug-likeness (QED) is 0.891. The molecule has 0 fully saturated rings. The maximum Gasteiger partial charge on any atom is 0.573 e. The summed E-state index contributed by atoms with van der Waals surface area (Å²) in [6.45, 7) is 4.67. The van der Waals surface area contributed by atoms with E-state index in [4.69, 9.17) is 4.42 Å². The van der Waals surface area contributed by atoms with Gasteiger partial charge in [-0.05, 0) is 36.4 Å². The van der Waals surface area contributed by atoms with E-state index in [9.17, 15) is 13.2 Å². The molecule has 0 saturated heterocycles. The Balaban J connectivity index is 2.05. The number of ether oxygens (including phenoxy) is 1. The summed E-state index contributed by atoms with van der Waals surface area (Å²) in [7, 11) is 0. The molecule has 0 unspecified atom stereocenters. The minimum absolute atomic E-state index is 0.250. The molecule has 6 heteroatoms. The lowest BCUT2D eigenvalue weighted by Crippen LogP contribution is -2.21. The number of alkyl halides is 3. The molecule has 3 nitrogen and oxygen atoms in total. The molecule has 1 heterocycles. The second-order valence-corrected chi connectivity index (χ2v) is 4.87. The Kier molecular flexibility index (Phi) is 4.57. The smallest absolute Gasteiger partial charge is 0.460 e. The van der Waals surface area contributed by atoms with Crippen molar-refractivity contribution in [2.24, 2.45) is 0 Å². The van der Waals surface area contributed by atoms with Gasteiger partial charge in [-0.3, -0.25) is 0 Å². The first-order valence-corrected chi connectivity index (χ1v) is 6.52. The topological polar surface area (TPSA) is 34.4 Å². The summed E-state index contributed by atoms with van der Waals surface area (Å²) in [4.78, 5) is 0. The third-order valence-electron chi connectivity index (χ3n) is 2.72. The summed E-state index contributed by atoms with van der Waals surface area (Å²) in [5, 5.41) is 3.22. The van der Waals surface area contributed by atoms with Crippen molar-refractivity contribution in [2.45, 2.75) is 32.8 Å². The van der Waals surface area contributed by atoms with Gasteiger partial charge in [-0.25, -0.2) is 0 Å². The molecule has 1 aromatic carbocycles. The van der Waals surface area contributed by atoms with Gasteiger partial charge < -0.3 is 14.5 Å². The molecule has 114 valence electrons. The maximum atomic E-state index is 12.1. The van der Waals surface area contributed by atoms with Gasteiger partial charge >= 0.3 is 6.36 Å². The van der Waals surface area contributed by atoms with E-state index in [0.717, 1.165) is 5.76 Å². The van der Waals surface area contributed by atoms with E-state index < -0.39 is 6.36 Å². The highest BCUT2D eigenvalue weighted by molar-refractivity contribution is 5.58. The molecule has 0 bridgehead atoms. The van der Waals surface area contributed by atoms with Crippen LogP contribution in [0.15, 0.2) is 40.8 Å². The molecule has 0 radical (unpaired) electrons. The largest absolute Gasteiger partial charge is 0.573 e. The van der Waals surface area contributed by atoms with Crippen LogP contribution < -0.4 is 10.1 Å². The van der Waals surface area contributed by atoms with Gasteiger partial charge in [-0.15, -0.1) is 13.2 Å². The van der Waals surface area contributed by atoms with Gasteiger partial charge in [-0.2, -0.15) is 0 Å². The fourth-order valence-corrected chi connectivity index (χ4v) is 1.75. The van der Waals surface area contributed by atoms with Gasteiger partial charge in [0.2, 0.25) is 0 Å². The van der Waals surface area contributed by atoms with Gasteiger partial charge in [-0.1, -0.05) is 13.8 Å². The number of hydrogen-bond acceptors (Lipinski definition) is 3. The molecule has 0 amide bonds. The molecule has 1 aromatic heterocycles. The van der Waals surface area contributed by atoms with Crippen LogP contribution in [0.25, 0.3) is 11.3 Å². The summed E-state index contributed by atoms with van der Waals surface area (Å²) < 4.78 is 45.7. The Bertz CT molecular complexity index is 573. The monoisotopic (exact) mass is 299 g/mol. The van der Waals surface area contributed by atoms with E-state index in [1.54, 1.807) is 6.07 Å². The minimum Gasteiger partial charge on any atom is -0.460 e. The highest BCUT2D eigenvalue weighted by Gasteiger charge is 2.30. The Morgan fingerprint density at radius 2 is 1.76 bits per heavy atom. The third-order valence-corrected chi connectivity index (χ3v) is 2.72. The second-order valence-electron chi connectivity index (χ2n) is 4.87. The number of furan rings is 1. The molecule has 0 saturated carbocycles. The van der Waals surface area contributed by atoms with Crippen LogP contribution in [0, 0.1) is 0 Å². The van der Waals surface area contributed by atoms with Crippen LogP contribution in [0.2, 0.25) is 0 Å². The van der Waals surface area contributed by atoms with Crippen molar-refractivity contribution >= 4 is 0 Å². The zero-order valence-electron chi connectivity index (χ0n) is 11.7. The summed E-state index contributed by atoms with van der Waals surface area (Å²) in [6.07, 6.45) is -4.68. The highest BCUT2D eigenvalue weighted by atomic mass is 19.4. The fourth-order valence-electron chi connectivity index (χ4n) is 1.75. The fraction of sp³-hybridized carbons (Fsp3) is 0.333. The van der Waals surface area contributed by atoms with Gasteiger partial charge in [0.25, 0.3) is 0 Å². The van der Waals surface area contributed by atoms with E-state index in [0.29, 0.717) is 23.9 Å². The predicted octanol–water partition coefficient (Wildman–Crippen LogP) is 4.34. The molecular formula is C15H16F3NO2. The van der Waals surface area contributed by atoms with Crippen molar-refractivity contribution in [3.63, 3.8) is 0 Å². The Morgan fingerprint density at radius 1 is 1.10 bits per heavy atom. The minimum atomic E-state index is -4.68. The van der Waals surface area contributed by atoms with Gasteiger partial charge in [0.1, 0.15) is 17.3 Å². The Hall–Kier alpha value is -1.95. The van der Waals surface area contributed by atoms with Gasteiger partial charge in [0.15, 0.2) is 0 Å². The molecule has 0 spiro atoms. The Labute approximate surface area is 120 Å². The summed E-state index contributed by atoms with van der Waals surface area (Å²) >= 11 is 0. The molecule has 0 atom stereocenters. The second kappa shape index (κ2) is 6.22. The summed E-state index contributed by atoms with van der Waals surface area (Å²) in [5.74, 6) is 1.13. The molecule has 0 aliphatic carbocycles. The molecule has 2 aromatic rings. The van der Waals surface area contributed by atoms with Crippen molar-refractivity contribution in [2.75, 3.05) is 0 Å². The SMILES string of the molecule is CC(C)NCc1ccc(-c2ccc(OC(F)(F)F)cc2)o1. The lowest BCUT2D eigenvalue weighted by Gasteiger charge is -2.08. The van der Waals surface area contributed by atoms with E-state index in [2.05, 4.69) is 10.1 Å². The van der Waals surface area contributed by atoms with Crippen LogP contribution in [-0.2, 0) is 6.54 Å². The first kappa shape index (κ1) is 15.4. The Morgan fingerprint density at radius 3 is 2.33 bits per heavy atom. The van der Waals surface area contributed by atoms with Crippen molar-refractivity contribution in [3.05, 3.63) is 42.2 Å². The maximum absolute atomic E-state index is 12.1.